The van der Waals surface area contributed by atoms with E-state index in [0.29, 0.717) is 39.5 Å². The first-order valence-corrected chi connectivity index (χ1v) is 12.7. The first-order valence-electron chi connectivity index (χ1n) is 12.3. The van der Waals surface area contributed by atoms with Gasteiger partial charge in [-0.2, -0.15) is 4.98 Å². The first-order chi connectivity index (χ1) is 17.3. The standard InChI is InChI=1S/C28H30ClFN6/c1-33(2)18-13-35(14-18)27-22-12-23(29)24(21-11-7-9-17-8-5-6-10-20(17)21)25(30)26(22)31-28(32-27)36-15-19(16-36)34(3)4/h5-12,18-19H,13-16H2,1-4H3. The monoisotopic (exact) mass is 504 g/mol. The van der Waals surface area contributed by atoms with E-state index in [4.69, 9.17) is 21.6 Å². The SMILES string of the molecule is CN(C)C1CN(c2nc(N3CC(N(C)C)C3)c3cc(Cl)c(-c4cccc5ccccc45)c(F)c3n2)C1. The lowest BCUT2D eigenvalue weighted by Crippen LogP contribution is -2.59. The zero-order chi connectivity index (χ0) is 25.1. The van der Waals surface area contributed by atoms with Crippen LogP contribution in [-0.2, 0) is 0 Å². The summed E-state index contributed by atoms with van der Waals surface area (Å²) in [6.45, 7) is 3.32. The summed E-state index contributed by atoms with van der Waals surface area (Å²) in [5.41, 5.74) is 1.48. The summed E-state index contributed by atoms with van der Waals surface area (Å²) in [5, 5.41) is 3.03. The Morgan fingerprint density at radius 2 is 1.47 bits per heavy atom. The van der Waals surface area contributed by atoms with E-state index in [1.54, 1.807) is 0 Å². The maximum Gasteiger partial charge on any atom is 0.228 e. The van der Waals surface area contributed by atoms with Gasteiger partial charge in [0.05, 0.1) is 5.02 Å². The molecule has 36 heavy (non-hydrogen) atoms. The van der Waals surface area contributed by atoms with Crippen molar-refractivity contribution in [3.05, 3.63) is 59.4 Å². The van der Waals surface area contributed by atoms with E-state index >= 15 is 4.39 Å². The van der Waals surface area contributed by atoms with Crippen molar-refractivity contribution in [2.24, 2.45) is 0 Å². The number of benzene rings is 3. The summed E-state index contributed by atoms with van der Waals surface area (Å²) < 4.78 is 16.5. The molecule has 3 heterocycles. The van der Waals surface area contributed by atoms with Gasteiger partial charge in [-0.15, -0.1) is 0 Å². The van der Waals surface area contributed by atoms with E-state index in [-0.39, 0.29) is 0 Å². The Hall–Kier alpha value is -3.00. The van der Waals surface area contributed by atoms with Crippen LogP contribution in [0.25, 0.3) is 32.8 Å². The number of halogens is 2. The number of aromatic nitrogens is 2. The van der Waals surface area contributed by atoms with Crippen molar-refractivity contribution in [1.82, 2.24) is 19.8 Å². The molecule has 3 aromatic carbocycles. The molecule has 6 rings (SSSR count). The number of hydrogen-bond donors (Lipinski definition) is 0. The average Bonchev–Trinajstić information content (AvgIpc) is 2.77. The molecule has 4 aromatic rings. The lowest BCUT2D eigenvalue weighted by Gasteiger charge is -2.45. The van der Waals surface area contributed by atoms with E-state index in [2.05, 4.69) is 47.8 Å². The number of hydrogen-bond acceptors (Lipinski definition) is 6. The molecule has 2 aliphatic heterocycles. The fourth-order valence-electron chi connectivity index (χ4n) is 5.14. The fraction of sp³-hybridized carbons (Fsp3) is 0.357. The third kappa shape index (κ3) is 3.77. The van der Waals surface area contributed by atoms with E-state index in [9.17, 15) is 0 Å². The van der Waals surface area contributed by atoms with Crippen molar-refractivity contribution >= 4 is 45.0 Å². The molecule has 186 valence electrons. The number of likely N-dealkylation sites (N-methyl/N-ethyl adjacent to an activating group) is 2. The summed E-state index contributed by atoms with van der Waals surface area (Å²) in [6, 6.07) is 16.6. The van der Waals surface area contributed by atoms with Crippen molar-refractivity contribution < 1.29 is 4.39 Å². The maximum absolute atomic E-state index is 16.5. The first kappa shape index (κ1) is 23.4. The number of nitrogens with zero attached hydrogens (tertiary/aromatic N) is 6. The summed E-state index contributed by atoms with van der Waals surface area (Å²) in [7, 11) is 8.32. The van der Waals surface area contributed by atoms with Gasteiger partial charge in [-0.3, -0.25) is 0 Å². The van der Waals surface area contributed by atoms with Crippen molar-refractivity contribution in [2.45, 2.75) is 12.1 Å². The third-order valence-corrected chi connectivity index (χ3v) is 7.98. The fourth-order valence-corrected chi connectivity index (χ4v) is 5.44. The molecule has 8 heteroatoms. The normalized spacial score (nSPS) is 16.9. The van der Waals surface area contributed by atoms with Crippen molar-refractivity contribution in [3.63, 3.8) is 0 Å². The maximum atomic E-state index is 16.5. The van der Waals surface area contributed by atoms with Gasteiger partial charge in [0.1, 0.15) is 11.3 Å². The quantitative estimate of drug-likeness (QED) is 0.391. The van der Waals surface area contributed by atoms with Gasteiger partial charge in [0.2, 0.25) is 5.95 Å². The lowest BCUT2D eigenvalue weighted by molar-refractivity contribution is 0.243. The van der Waals surface area contributed by atoms with Crippen LogP contribution in [0.3, 0.4) is 0 Å². The van der Waals surface area contributed by atoms with Crippen LogP contribution in [0.1, 0.15) is 0 Å². The Labute approximate surface area is 215 Å². The van der Waals surface area contributed by atoms with E-state index in [1.807, 2.05) is 48.5 Å². The van der Waals surface area contributed by atoms with Gasteiger partial charge in [-0.1, -0.05) is 54.1 Å². The highest BCUT2D eigenvalue weighted by molar-refractivity contribution is 6.35. The van der Waals surface area contributed by atoms with Crippen molar-refractivity contribution in [2.75, 3.05) is 64.2 Å². The molecule has 1 aromatic heterocycles. The highest BCUT2D eigenvalue weighted by Gasteiger charge is 2.35. The molecule has 0 bridgehead atoms. The molecule has 6 nitrogen and oxygen atoms in total. The lowest BCUT2D eigenvalue weighted by atomic mass is 9.96. The average molecular weight is 505 g/mol. The van der Waals surface area contributed by atoms with E-state index in [1.165, 1.54) is 0 Å². The zero-order valence-corrected chi connectivity index (χ0v) is 21.8. The number of fused-ring (bicyclic) bond motifs is 2. The minimum atomic E-state index is -0.395. The molecule has 0 saturated carbocycles. The van der Waals surface area contributed by atoms with Gasteiger partial charge in [0, 0.05) is 49.2 Å². The highest BCUT2D eigenvalue weighted by atomic mass is 35.5. The third-order valence-electron chi connectivity index (χ3n) is 7.68. The Kier molecular flexibility index (Phi) is 5.74. The molecule has 0 atom stereocenters. The summed E-state index contributed by atoms with van der Waals surface area (Å²) >= 11 is 6.82. The topological polar surface area (TPSA) is 38.7 Å². The second-order valence-corrected chi connectivity index (χ2v) is 10.8. The Morgan fingerprint density at radius 3 is 2.17 bits per heavy atom. The highest BCUT2D eigenvalue weighted by Crippen LogP contribution is 2.42. The molecular weight excluding hydrogens is 475 g/mol. The molecule has 0 unspecified atom stereocenters. The van der Waals surface area contributed by atoms with Gasteiger partial charge >= 0.3 is 0 Å². The molecule has 0 amide bonds. The van der Waals surface area contributed by atoms with Crippen LogP contribution in [0.4, 0.5) is 16.2 Å². The van der Waals surface area contributed by atoms with Gasteiger partial charge in [-0.25, -0.2) is 9.37 Å². The van der Waals surface area contributed by atoms with Crippen LogP contribution in [0, 0.1) is 5.82 Å². The summed E-state index contributed by atoms with van der Waals surface area (Å²) in [5.74, 6) is 0.939. The molecule has 2 saturated heterocycles. The van der Waals surface area contributed by atoms with Gasteiger partial charge in [0.15, 0.2) is 5.82 Å². The van der Waals surface area contributed by atoms with Gasteiger partial charge in [-0.05, 0) is 50.6 Å². The van der Waals surface area contributed by atoms with Crippen LogP contribution in [0.5, 0.6) is 0 Å². The molecule has 0 N–H and O–H groups in total. The predicted octanol–water partition coefficient (Wildman–Crippen LogP) is 4.74. The second kappa shape index (κ2) is 8.83. The predicted molar refractivity (Wildman–Crippen MR) is 147 cm³/mol. The molecule has 0 aliphatic carbocycles. The Balaban J connectivity index is 1.52. The van der Waals surface area contributed by atoms with Crippen LogP contribution in [0.2, 0.25) is 5.02 Å². The molecule has 2 fully saturated rings. The summed E-state index contributed by atoms with van der Waals surface area (Å²) in [6.07, 6.45) is 0. The minimum absolute atomic E-state index is 0.323. The Bertz CT molecular complexity index is 1450. The summed E-state index contributed by atoms with van der Waals surface area (Å²) in [4.78, 5) is 18.5. The van der Waals surface area contributed by atoms with Crippen LogP contribution in [-0.4, -0.2) is 86.2 Å². The molecule has 2 aliphatic rings. The Morgan fingerprint density at radius 1 is 0.833 bits per heavy atom. The largest absolute Gasteiger partial charge is 0.353 e. The molecule has 0 spiro atoms. The minimum Gasteiger partial charge on any atom is -0.353 e. The number of anilines is 2. The zero-order valence-electron chi connectivity index (χ0n) is 21.0. The van der Waals surface area contributed by atoms with E-state index < -0.39 is 5.82 Å². The second-order valence-electron chi connectivity index (χ2n) is 10.4. The van der Waals surface area contributed by atoms with Gasteiger partial charge in [0.25, 0.3) is 0 Å². The van der Waals surface area contributed by atoms with Crippen molar-refractivity contribution in [1.29, 1.82) is 0 Å². The van der Waals surface area contributed by atoms with Crippen molar-refractivity contribution in [3.8, 4) is 11.1 Å². The van der Waals surface area contributed by atoms with Crippen LogP contribution in [0.15, 0.2) is 48.5 Å². The van der Waals surface area contributed by atoms with Crippen LogP contribution >= 0.6 is 11.6 Å². The molecule has 0 radical (unpaired) electrons. The number of rotatable bonds is 5. The molecular formula is C28H30ClFN6. The smallest absolute Gasteiger partial charge is 0.228 e. The van der Waals surface area contributed by atoms with E-state index in [0.717, 1.165) is 48.3 Å². The van der Waals surface area contributed by atoms with Crippen LogP contribution < -0.4 is 9.80 Å². The van der Waals surface area contributed by atoms with Gasteiger partial charge < -0.3 is 19.6 Å².